The summed E-state index contributed by atoms with van der Waals surface area (Å²) in [4.78, 5) is 14.4. The predicted molar refractivity (Wildman–Crippen MR) is 103 cm³/mol. The van der Waals surface area contributed by atoms with Gasteiger partial charge in [0.1, 0.15) is 0 Å². The molecule has 0 radical (unpaired) electrons. The topological polar surface area (TPSA) is 58.4 Å². The minimum Gasteiger partial charge on any atom is -0.351 e. The van der Waals surface area contributed by atoms with E-state index in [1.807, 2.05) is 25.1 Å². The minimum absolute atomic E-state index is 0.200. The third-order valence-corrected chi connectivity index (χ3v) is 5.34. The van der Waals surface area contributed by atoms with Crippen LogP contribution in [0.2, 0.25) is 10.0 Å². The Morgan fingerprint density at radius 3 is 2.96 bits per heavy atom. The van der Waals surface area contributed by atoms with Gasteiger partial charge in [0, 0.05) is 31.6 Å². The molecule has 0 bridgehead atoms. The van der Waals surface area contributed by atoms with Crippen LogP contribution in [0.15, 0.2) is 28.8 Å². The number of rotatable bonds is 6. The molecule has 1 aromatic carbocycles. The summed E-state index contributed by atoms with van der Waals surface area (Å²) in [6.45, 7) is 5.36. The van der Waals surface area contributed by atoms with Gasteiger partial charge in [0.15, 0.2) is 0 Å². The second kappa shape index (κ2) is 8.89. The minimum atomic E-state index is -0.200. The van der Waals surface area contributed by atoms with Crippen LogP contribution in [0.5, 0.6) is 0 Å². The molecule has 1 atom stereocenters. The highest BCUT2D eigenvalue weighted by atomic mass is 35.5. The number of piperidine rings is 1. The van der Waals surface area contributed by atoms with Gasteiger partial charge in [0.05, 0.1) is 15.7 Å². The Kier molecular flexibility index (Phi) is 6.57. The van der Waals surface area contributed by atoms with Crippen molar-refractivity contribution in [2.75, 3.05) is 19.6 Å². The number of amides is 1. The van der Waals surface area contributed by atoms with Gasteiger partial charge in [-0.15, -0.1) is 0 Å². The van der Waals surface area contributed by atoms with E-state index in [2.05, 4.69) is 15.4 Å². The molecule has 1 aromatic heterocycles. The molecule has 140 valence electrons. The van der Waals surface area contributed by atoms with Crippen LogP contribution in [0.25, 0.3) is 0 Å². The molecule has 1 aliphatic rings. The van der Waals surface area contributed by atoms with E-state index in [0.717, 1.165) is 50.2 Å². The van der Waals surface area contributed by atoms with Crippen LogP contribution in [0, 0.1) is 0 Å². The van der Waals surface area contributed by atoms with E-state index in [1.54, 1.807) is 6.07 Å². The first-order valence-corrected chi connectivity index (χ1v) is 9.73. The number of hydrogen-bond acceptors (Lipinski definition) is 4. The molecule has 7 heteroatoms. The number of aromatic nitrogens is 1. The summed E-state index contributed by atoms with van der Waals surface area (Å²) < 4.78 is 5.25. The smallest absolute Gasteiger partial charge is 0.289 e. The first kappa shape index (κ1) is 19.2. The highest BCUT2D eigenvalue weighted by Gasteiger charge is 2.25. The first-order valence-electron chi connectivity index (χ1n) is 8.98. The van der Waals surface area contributed by atoms with Gasteiger partial charge in [-0.1, -0.05) is 41.3 Å². The van der Waals surface area contributed by atoms with Gasteiger partial charge in [0.25, 0.3) is 5.91 Å². The molecule has 1 fully saturated rings. The van der Waals surface area contributed by atoms with Crippen LogP contribution in [-0.2, 0) is 6.54 Å². The Labute approximate surface area is 163 Å². The molecule has 1 aliphatic heterocycles. The molecule has 1 N–H and O–H groups in total. The van der Waals surface area contributed by atoms with E-state index < -0.39 is 0 Å². The van der Waals surface area contributed by atoms with Crippen LogP contribution < -0.4 is 5.32 Å². The van der Waals surface area contributed by atoms with E-state index >= 15 is 0 Å². The first-order chi connectivity index (χ1) is 12.6. The molecule has 2 heterocycles. The molecule has 1 amide bonds. The summed E-state index contributed by atoms with van der Waals surface area (Å²) in [7, 11) is 0. The Balaban J connectivity index is 1.62. The molecule has 0 aliphatic carbocycles. The van der Waals surface area contributed by atoms with Gasteiger partial charge in [-0.25, -0.2) is 0 Å². The fourth-order valence-electron chi connectivity index (χ4n) is 3.25. The molecule has 26 heavy (non-hydrogen) atoms. The van der Waals surface area contributed by atoms with Gasteiger partial charge in [-0.2, -0.15) is 0 Å². The lowest BCUT2D eigenvalue weighted by molar-refractivity contribution is 0.0916. The Bertz CT molecular complexity index is 763. The van der Waals surface area contributed by atoms with Crippen molar-refractivity contribution < 1.29 is 9.32 Å². The number of carbonyl (C=O) groups is 1. The summed E-state index contributed by atoms with van der Waals surface area (Å²) in [5.41, 5.74) is 1.99. The monoisotopic (exact) mass is 395 g/mol. The van der Waals surface area contributed by atoms with Crippen molar-refractivity contribution in [1.82, 2.24) is 15.4 Å². The molecule has 5 nitrogen and oxygen atoms in total. The van der Waals surface area contributed by atoms with Gasteiger partial charge in [-0.3, -0.25) is 9.69 Å². The number of likely N-dealkylation sites (tertiary alicyclic amines) is 1. The van der Waals surface area contributed by atoms with E-state index in [9.17, 15) is 4.79 Å². The number of benzene rings is 1. The normalized spacial score (nSPS) is 18.0. The molecule has 3 rings (SSSR count). The highest BCUT2D eigenvalue weighted by Crippen LogP contribution is 2.29. The van der Waals surface area contributed by atoms with Gasteiger partial charge >= 0.3 is 0 Å². The number of carbonyl (C=O) groups excluding carboxylic acids is 1. The van der Waals surface area contributed by atoms with Crippen molar-refractivity contribution in [1.29, 1.82) is 0 Å². The second-order valence-electron chi connectivity index (χ2n) is 6.69. The zero-order valence-corrected chi connectivity index (χ0v) is 16.3. The maximum absolute atomic E-state index is 12.0. The van der Waals surface area contributed by atoms with Gasteiger partial charge in [-0.05, 0) is 43.5 Å². The van der Waals surface area contributed by atoms with E-state index in [-0.39, 0.29) is 17.6 Å². The molecule has 0 spiro atoms. The molecule has 1 unspecified atom stereocenters. The zero-order valence-electron chi connectivity index (χ0n) is 14.8. The summed E-state index contributed by atoms with van der Waals surface area (Å²) in [6, 6.07) is 7.53. The third-order valence-electron chi connectivity index (χ3n) is 4.60. The standard InChI is InChI=1S/C19H23Cl2N3O2/c1-2-7-22-19(25)18-10-17(23-26-18)14-4-3-8-24(12-14)11-13-5-6-15(20)16(21)9-13/h5-6,9-10,14H,2-4,7-8,11-12H2,1H3,(H,22,25). The quantitative estimate of drug-likeness (QED) is 0.781. The van der Waals surface area contributed by atoms with Crippen LogP contribution >= 0.6 is 23.2 Å². The van der Waals surface area contributed by atoms with E-state index in [4.69, 9.17) is 27.7 Å². The maximum atomic E-state index is 12.0. The molecule has 2 aromatic rings. The second-order valence-corrected chi connectivity index (χ2v) is 7.51. The van der Waals surface area contributed by atoms with Crippen molar-refractivity contribution in [2.45, 2.75) is 38.6 Å². The Hall–Kier alpha value is -1.56. The molecule has 1 saturated heterocycles. The fraction of sp³-hybridized carbons (Fsp3) is 0.474. The molecular weight excluding hydrogens is 373 g/mol. The van der Waals surface area contributed by atoms with Crippen molar-refractivity contribution in [3.8, 4) is 0 Å². The zero-order chi connectivity index (χ0) is 18.5. The average molecular weight is 396 g/mol. The number of nitrogens with one attached hydrogen (secondary N) is 1. The predicted octanol–water partition coefficient (Wildman–Crippen LogP) is 4.50. The van der Waals surface area contributed by atoms with Crippen molar-refractivity contribution in [2.24, 2.45) is 0 Å². The lowest BCUT2D eigenvalue weighted by Gasteiger charge is -2.31. The number of hydrogen-bond donors (Lipinski definition) is 1. The summed E-state index contributed by atoms with van der Waals surface area (Å²) in [6.07, 6.45) is 3.01. The lowest BCUT2D eigenvalue weighted by Crippen LogP contribution is -2.34. The van der Waals surface area contributed by atoms with Gasteiger partial charge in [0.2, 0.25) is 5.76 Å². The SMILES string of the molecule is CCCNC(=O)c1cc(C2CCCN(Cc3ccc(Cl)c(Cl)c3)C2)no1. The number of halogens is 2. The van der Waals surface area contributed by atoms with Gasteiger partial charge < -0.3 is 9.84 Å². The Morgan fingerprint density at radius 2 is 2.19 bits per heavy atom. The third kappa shape index (κ3) is 4.78. The molecule has 0 saturated carbocycles. The fourth-order valence-corrected chi connectivity index (χ4v) is 3.57. The van der Waals surface area contributed by atoms with Crippen LogP contribution in [0.4, 0.5) is 0 Å². The van der Waals surface area contributed by atoms with Crippen LogP contribution in [-0.4, -0.2) is 35.6 Å². The number of nitrogens with zero attached hydrogens (tertiary/aromatic N) is 2. The maximum Gasteiger partial charge on any atom is 0.289 e. The van der Waals surface area contributed by atoms with E-state index in [1.165, 1.54) is 0 Å². The average Bonchev–Trinajstić information content (AvgIpc) is 3.13. The van der Waals surface area contributed by atoms with Crippen LogP contribution in [0.3, 0.4) is 0 Å². The Morgan fingerprint density at radius 1 is 1.35 bits per heavy atom. The van der Waals surface area contributed by atoms with Crippen LogP contribution in [0.1, 0.15) is 53.9 Å². The summed E-state index contributed by atoms with van der Waals surface area (Å²) >= 11 is 12.1. The summed E-state index contributed by atoms with van der Waals surface area (Å²) in [5.74, 6) is 0.354. The highest BCUT2D eigenvalue weighted by molar-refractivity contribution is 6.42. The van der Waals surface area contributed by atoms with E-state index in [0.29, 0.717) is 16.6 Å². The summed E-state index contributed by atoms with van der Waals surface area (Å²) in [5, 5.41) is 8.10. The molecular formula is C19H23Cl2N3O2. The lowest BCUT2D eigenvalue weighted by atomic mass is 9.94. The largest absolute Gasteiger partial charge is 0.351 e. The van der Waals surface area contributed by atoms with Crippen molar-refractivity contribution >= 4 is 29.1 Å². The van der Waals surface area contributed by atoms with Crippen molar-refractivity contribution in [3.63, 3.8) is 0 Å². The van der Waals surface area contributed by atoms with Crippen molar-refractivity contribution in [3.05, 3.63) is 51.3 Å².